The van der Waals surface area contributed by atoms with Gasteiger partial charge in [-0.2, -0.15) is 0 Å². The normalized spacial score (nSPS) is 12.0. The summed E-state index contributed by atoms with van der Waals surface area (Å²) in [6, 6.07) is 11.6. The van der Waals surface area contributed by atoms with Crippen molar-refractivity contribution in [3.05, 3.63) is 59.5 Å². The van der Waals surface area contributed by atoms with Crippen LogP contribution in [-0.4, -0.2) is 18.4 Å². The molecule has 1 heterocycles. The van der Waals surface area contributed by atoms with E-state index >= 15 is 0 Å². The van der Waals surface area contributed by atoms with Gasteiger partial charge in [0.15, 0.2) is 5.76 Å². The number of benzene rings is 1. The topological polar surface area (TPSA) is 71.3 Å². The van der Waals surface area contributed by atoms with Gasteiger partial charge >= 0.3 is 0 Å². The molecule has 2 amide bonds. The van der Waals surface area contributed by atoms with Crippen LogP contribution in [0.1, 0.15) is 61.3 Å². The second-order valence-electron chi connectivity index (χ2n) is 6.76. The van der Waals surface area contributed by atoms with Crippen molar-refractivity contribution in [2.45, 2.75) is 46.1 Å². The molecule has 2 aromatic rings. The van der Waals surface area contributed by atoms with E-state index in [-0.39, 0.29) is 42.5 Å². The van der Waals surface area contributed by atoms with Crippen molar-refractivity contribution in [1.29, 1.82) is 0 Å². The lowest BCUT2D eigenvalue weighted by Crippen LogP contribution is -2.34. The van der Waals surface area contributed by atoms with Crippen LogP contribution in [0.5, 0.6) is 0 Å². The Bertz CT molecular complexity index is 691. The predicted molar refractivity (Wildman–Crippen MR) is 102 cm³/mol. The Morgan fingerprint density at radius 2 is 1.85 bits per heavy atom. The average Bonchev–Trinajstić information content (AvgIpc) is 3.15. The number of carbonyl (C=O) groups is 2. The summed E-state index contributed by atoms with van der Waals surface area (Å²) in [4.78, 5) is 24.1. The Morgan fingerprint density at radius 1 is 1.12 bits per heavy atom. The molecule has 0 fully saturated rings. The Morgan fingerprint density at radius 3 is 2.42 bits per heavy atom. The number of nitrogens with one attached hydrogen (secondary N) is 2. The molecule has 0 bridgehead atoms. The zero-order valence-corrected chi connectivity index (χ0v) is 15.7. The molecule has 0 spiro atoms. The summed E-state index contributed by atoms with van der Waals surface area (Å²) >= 11 is 0. The molecule has 2 rings (SSSR count). The van der Waals surface area contributed by atoms with Gasteiger partial charge in [0.05, 0.1) is 12.3 Å². The largest absolute Gasteiger partial charge is 0.459 e. The molecule has 1 atom stereocenters. The van der Waals surface area contributed by atoms with Crippen molar-refractivity contribution >= 4 is 11.8 Å². The maximum absolute atomic E-state index is 12.3. The summed E-state index contributed by atoms with van der Waals surface area (Å²) in [5, 5.41) is 5.77. The van der Waals surface area contributed by atoms with E-state index in [0.717, 1.165) is 18.4 Å². The number of rotatable bonds is 9. The summed E-state index contributed by atoms with van der Waals surface area (Å²) in [7, 11) is 0. The smallest absolute Gasteiger partial charge is 0.286 e. The van der Waals surface area contributed by atoms with Crippen molar-refractivity contribution in [3.63, 3.8) is 0 Å². The van der Waals surface area contributed by atoms with Crippen LogP contribution < -0.4 is 10.6 Å². The molecule has 0 radical (unpaired) electrons. The van der Waals surface area contributed by atoms with Gasteiger partial charge in [0.1, 0.15) is 0 Å². The molecule has 0 saturated heterocycles. The number of hydrogen-bond acceptors (Lipinski definition) is 3. The van der Waals surface area contributed by atoms with Crippen LogP contribution in [0.2, 0.25) is 0 Å². The quantitative estimate of drug-likeness (QED) is 0.716. The minimum atomic E-state index is -0.310. The number of carbonyl (C=O) groups excluding carboxylic acids is 2. The SMILES string of the molecule is CCCc1ccc([C@H](NC(=O)CCNC(=O)c2ccco2)C(C)C)cc1. The Hall–Kier alpha value is -2.56. The van der Waals surface area contributed by atoms with Crippen LogP contribution in [0.3, 0.4) is 0 Å². The minimum absolute atomic E-state index is 0.0426. The van der Waals surface area contributed by atoms with E-state index in [0.29, 0.717) is 0 Å². The van der Waals surface area contributed by atoms with Crippen molar-refractivity contribution in [3.8, 4) is 0 Å². The molecule has 0 saturated carbocycles. The third-order valence-corrected chi connectivity index (χ3v) is 4.24. The molecule has 1 aromatic heterocycles. The fourth-order valence-corrected chi connectivity index (χ4v) is 2.85. The zero-order chi connectivity index (χ0) is 18.9. The Kier molecular flexibility index (Phi) is 7.45. The standard InChI is InChI=1S/C21H28N2O3/c1-4-6-16-8-10-17(11-9-16)20(15(2)3)23-19(24)12-13-22-21(25)18-7-5-14-26-18/h5,7-11,14-15,20H,4,6,12-13H2,1-3H3,(H,22,25)(H,23,24)/t20-/m1/s1. The van der Waals surface area contributed by atoms with Crippen LogP contribution in [0.25, 0.3) is 0 Å². The first-order chi connectivity index (χ1) is 12.5. The Labute approximate surface area is 155 Å². The fourth-order valence-electron chi connectivity index (χ4n) is 2.85. The van der Waals surface area contributed by atoms with Crippen molar-refractivity contribution in [2.75, 3.05) is 6.54 Å². The number of aryl methyl sites for hydroxylation is 1. The van der Waals surface area contributed by atoms with E-state index in [1.54, 1.807) is 12.1 Å². The third-order valence-electron chi connectivity index (χ3n) is 4.24. The molecule has 0 unspecified atom stereocenters. The van der Waals surface area contributed by atoms with Gasteiger partial charge in [0.2, 0.25) is 5.91 Å². The molecule has 2 N–H and O–H groups in total. The lowest BCUT2D eigenvalue weighted by molar-refractivity contribution is -0.122. The molecule has 5 heteroatoms. The first kappa shape index (κ1) is 19.8. The van der Waals surface area contributed by atoms with Crippen molar-refractivity contribution < 1.29 is 14.0 Å². The lowest BCUT2D eigenvalue weighted by atomic mass is 9.94. The maximum Gasteiger partial charge on any atom is 0.286 e. The molecule has 0 aliphatic rings. The second-order valence-corrected chi connectivity index (χ2v) is 6.76. The van der Waals surface area contributed by atoms with Gasteiger partial charge in [-0.05, 0) is 35.6 Å². The van der Waals surface area contributed by atoms with Gasteiger partial charge in [-0.25, -0.2) is 0 Å². The van der Waals surface area contributed by atoms with Gasteiger partial charge in [-0.15, -0.1) is 0 Å². The van der Waals surface area contributed by atoms with E-state index < -0.39 is 0 Å². The monoisotopic (exact) mass is 356 g/mol. The van der Waals surface area contributed by atoms with Crippen molar-refractivity contribution in [2.24, 2.45) is 5.92 Å². The first-order valence-electron chi connectivity index (χ1n) is 9.21. The molecule has 0 aliphatic carbocycles. The highest BCUT2D eigenvalue weighted by Gasteiger charge is 2.18. The molecular formula is C21H28N2O3. The van der Waals surface area contributed by atoms with E-state index in [1.807, 2.05) is 0 Å². The lowest BCUT2D eigenvalue weighted by Gasteiger charge is -2.23. The van der Waals surface area contributed by atoms with Crippen LogP contribution >= 0.6 is 0 Å². The molecular weight excluding hydrogens is 328 g/mol. The average molecular weight is 356 g/mol. The highest BCUT2D eigenvalue weighted by molar-refractivity contribution is 5.91. The van der Waals surface area contributed by atoms with Crippen LogP contribution in [0, 0.1) is 5.92 Å². The van der Waals surface area contributed by atoms with E-state index in [9.17, 15) is 9.59 Å². The first-order valence-corrected chi connectivity index (χ1v) is 9.21. The van der Waals surface area contributed by atoms with Gasteiger partial charge in [-0.3, -0.25) is 9.59 Å². The minimum Gasteiger partial charge on any atom is -0.459 e. The van der Waals surface area contributed by atoms with Crippen LogP contribution in [-0.2, 0) is 11.2 Å². The number of furan rings is 1. The third kappa shape index (κ3) is 5.76. The summed E-state index contributed by atoms with van der Waals surface area (Å²) in [5.74, 6) is 0.127. The van der Waals surface area contributed by atoms with Crippen LogP contribution in [0.4, 0.5) is 0 Å². The van der Waals surface area contributed by atoms with Gasteiger partial charge in [0, 0.05) is 13.0 Å². The molecule has 5 nitrogen and oxygen atoms in total. The van der Waals surface area contributed by atoms with Gasteiger partial charge < -0.3 is 15.1 Å². The summed E-state index contributed by atoms with van der Waals surface area (Å²) < 4.78 is 5.02. The van der Waals surface area contributed by atoms with Crippen molar-refractivity contribution in [1.82, 2.24) is 10.6 Å². The van der Waals surface area contributed by atoms with E-state index in [1.165, 1.54) is 11.8 Å². The van der Waals surface area contributed by atoms with E-state index in [2.05, 4.69) is 55.7 Å². The highest BCUT2D eigenvalue weighted by atomic mass is 16.3. The highest BCUT2D eigenvalue weighted by Crippen LogP contribution is 2.22. The predicted octanol–water partition coefficient (Wildman–Crippen LogP) is 3.87. The molecule has 0 aliphatic heterocycles. The molecule has 26 heavy (non-hydrogen) atoms. The molecule has 1 aromatic carbocycles. The van der Waals surface area contributed by atoms with E-state index in [4.69, 9.17) is 4.42 Å². The zero-order valence-electron chi connectivity index (χ0n) is 15.7. The summed E-state index contributed by atoms with van der Waals surface area (Å²) in [6.45, 7) is 6.61. The van der Waals surface area contributed by atoms with Gasteiger partial charge in [-0.1, -0.05) is 51.5 Å². The maximum atomic E-state index is 12.3. The second kappa shape index (κ2) is 9.80. The summed E-state index contributed by atoms with van der Waals surface area (Å²) in [5.41, 5.74) is 2.42. The fraction of sp³-hybridized carbons (Fsp3) is 0.429. The number of amides is 2. The number of hydrogen-bond donors (Lipinski definition) is 2. The van der Waals surface area contributed by atoms with Crippen LogP contribution in [0.15, 0.2) is 47.1 Å². The van der Waals surface area contributed by atoms with Gasteiger partial charge in [0.25, 0.3) is 5.91 Å². The Balaban J connectivity index is 1.86. The summed E-state index contributed by atoms with van der Waals surface area (Å²) in [6.07, 6.45) is 3.85. The molecule has 140 valence electrons.